The fraction of sp³-hybridized carbons (Fsp3) is 0. The highest BCUT2D eigenvalue weighted by Crippen LogP contribution is 2.54. The van der Waals surface area contributed by atoms with Crippen LogP contribution in [0, 0.1) is 0 Å². The number of carbonyl (C=O) groups excluding carboxylic acids is 1. The topological polar surface area (TPSA) is 41.1 Å². The van der Waals surface area contributed by atoms with Gasteiger partial charge in [-0.1, -0.05) is 90.7 Å². The van der Waals surface area contributed by atoms with Gasteiger partial charge < -0.3 is 5.32 Å². The molecule has 3 aromatic rings. The van der Waals surface area contributed by atoms with Gasteiger partial charge in [0.05, 0.1) is 5.24 Å². The molecule has 0 saturated carbocycles. The Morgan fingerprint density at radius 3 is 1.68 bits per heavy atom. The van der Waals surface area contributed by atoms with Gasteiger partial charge in [-0.3, -0.25) is 4.72 Å². The Kier molecular flexibility index (Phi) is 5.92. The number of rotatable bonds is 5. The summed E-state index contributed by atoms with van der Waals surface area (Å²) in [7, 11) is 0. The zero-order valence-electron chi connectivity index (χ0n) is 13.3. The van der Waals surface area contributed by atoms with E-state index < -0.39 is 5.24 Å². The van der Waals surface area contributed by atoms with Crippen LogP contribution in [0.3, 0.4) is 0 Å². The lowest BCUT2D eigenvalue weighted by molar-refractivity contribution is 0.257. The molecule has 3 nitrogen and oxygen atoms in total. The van der Waals surface area contributed by atoms with Crippen LogP contribution in [0.4, 0.5) is 10.5 Å². The summed E-state index contributed by atoms with van der Waals surface area (Å²) in [5.74, 6) is 0. The van der Waals surface area contributed by atoms with Crippen molar-refractivity contribution in [3.63, 3.8) is 0 Å². The second-order valence-electron chi connectivity index (χ2n) is 5.24. The van der Waals surface area contributed by atoms with Crippen molar-refractivity contribution in [1.29, 1.82) is 0 Å². The number of hydrogen-bond donors (Lipinski definition) is 2. The molecule has 0 radical (unpaired) electrons. The predicted octanol–water partition coefficient (Wildman–Crippen LogP) is 4.50. The van der Waals surface area contributed by atoms with Crippen molar-refractivity contribution in [3.05, 3.63) is 91.0 Å². The Morgan fingerprint density at radius 2 is 1.20 bits per heavy atom. The molecule has 0 saturated heterocycles. The van der Waals surface area contributed by atoms with E-state index in [-0.39, 0.29) is 6.03 Å². The first-order valence-corrected chi connectivity index (χ1v) is 11.9. The van der Waals surface area contributed by atoms with E-state index in [1.54, 1.807) is 0 Å². The molecule has 0 atom stereocenters. The van der Waals surface area contributed by atoms with Crippen LogP contribution < -0.4 is 20.6 Å². The summed E-state index contributed by atoms with van der Waals surface area (Å²) in [4.78, 5) is 12.3. The molecule has 126 valence electrons. The van der Waals surface area contributed by atoms with Gasteiger partial charge >= 0.3 is 6.03 Å². The highest BCUT2D eigenvalue weighted by atomic mass is 32.9. The quantitative estimate of drug-likeness (QED) is 0.503. The number of urea groups is 1. The fourth-order valence-electron chi connectivity index (χ4n) is 2.29. The van der Waals surface area contributed by atoms with Crippen LogP contribution in [0.15, 0.2) is 91.0 Å². The maximum atomic E-state index is 12.3. The van der Waals surface area contributed by atoms with E-state index in [0.29, 0.717) is 0 Å². The zero-order valence-corrected chi connectivity index (χ0v) is 15.9. The molecule has 2 amide bonds. The van der Waals surface area contributed by atoms with Crippen LogP contribution in [0.1, 0.15) is 0 Å². The average Bonchev–Trinajstić information content (AvgIpc) is 2.68. The van der Waals surface area contributed by atoms with Gasteiger partial charge in [-0.25, -0.2) is 4.79 Å². The highest BCUT2D eigenvalue weighted by molar-refractivity contribution is 8.74. The van der Waals surface area contributed by atoms with Gasteiger partial charge in [0.2, 0.25) is 0 Å². The van der Waals surface area contributed by atoms with Gasteiger partial charge in [-0.05, 0) is 23.7 Å². The molecule has 0 fully saturated rings. The highest BCUT2D eigenvalue weighted by Gasteiger charge is 2.24. The van der Waals surface area contributed by atoms with Crippen molar-refractivity contribution in [2.24, 2.45) is 0 Å². The van der Waals surface area contributed by atoms with Crippen LogP contribution in [0.25, 0.3) is 0 Å². The van der Waals surface area contributed by atoms with Crippen molar-refractivity contribution in [3.8, 4) is 0 Å². The number of anilines is 1. The van der Waals surface area contributed by atoms with Crippen molar-refractivity contribution < 1.29 is 4.79 Å². The van der Waals surface area contributed by atoms with E-state index >= 15 is 0 Å². The maximum Gasteiger partial charge on any atom is 0.329 e. The summed E-state index contributed by atoms with van der Waals surface area (Å²) in [5.41, 5.74) is 0.744. The minimum atomic E-state index is -2.20. The molecular weight excluding hydrogens is 367 g/mol. The van der Waals surface area contributed by atoms with E-state index in [2.05, 4.69) is 10.0 Å². The number of benzene rings is 3. The number of hydrogen-bond acceptors (Lipinski definition) is 3. The third kappa shape index (κ3) is 4.51. The average molecular weight is 384 g/mol. The van der Waals surface area contributed by atoms with Crippen molar-refractivity contribution in [2.75, 3.05) is 5.32 Å². The number of carbonyl (C=O) groups is 1. The van der Waals surface area contributed by atoms with Crippen LogP contribution in [-0.2, 0) is 11.8 Å². The van der Waals surface area contributed by atoms with Crippen LogP contribution >= 0.6 is 16.8 Å². The van der Waals surface area contributed by atoms with Gasteiger partial charge in [-0.15, -0.1) is 0 Å². The summed E-state index contributed by atoms with van der Waals surface area (Å²) in [6.07, 6.45) is 0. The van der Waals surface area contributed by atoms with Crippen molar-refractivity contribution >= 4 is 50.9 Å². The normalized spacial score (nSPS) is 10.9. The van der Waals surface area contributed by atoms with Gasteiger partial charge in [-0.2, -0.15) is 0 Å². The van der Waals surface area contributed by atoms with Crippen LogP contribution in [-0.4, -0.2) is 6.03 Å². The minimum Gasteiger partial charge on any atom is -0.307 e. The van der Waals surface area contributed by atoms with E-state index in [1.165, 1.54) is 11.6 Å². The Hall–Kier alpha value is -2.07. The molecule has 0 aliphatic carbocycles. The van der Waals surface area contributed by atoms with Crippen LogP contribution in [0.5, 0.6) is 0 Å². The molecule has 25 heavy (non-hydrogen) atoms. The Labute approximate surface area is 156 Å². The minimum absolute atomic E-state index is 0.280. The monoisotopic (exact) mass is 384 g/mol. The first-order chi connectivity index (χ1) is 12.2. The lowest BCUT2D eigenvalue weighted by Gasteiger charge is -2.22. The smallest absolute Gasteiger partial charge is 0.307 e. The number of para-hydroxylation sites is 1. The Balaban J connectivity index is 1.79. The largest absolute Gasteiger partial charge is 0.329 e. The summed E-state index contributed by atoms with van der Waals surface area (Å²) in [6.45, 7) is 0. The molecular formula is C19H17N2OPS2. The molecule has 0 bridgehead atoms. The molecule has 0 aromatic heterocycles. The summed E-state index contributed by atoms with van der Waals surface area (Å²) < 4.78 is 2.88. The van der Waals surface area contributed by atoms with Crippen LogP contribution in [0.2, 0.25) is 0 Å². The molecule has 0 unspecified atom stereocenters. The molecule has 3 aromatic carbocycles. The fourth-order valence-corrected chi connectivity index (χ4v) is 7.25. The third-order valence-electron chi connectivity index (χ3n) is 3.49. The predicted molar refractivity (Wildman–Crippen MR) is 113 cm³/mol. The molecule has 2 N–H and O–H groups in total. The Bertz CT molecular complexity index is 830. The first kappa shape index (κ1) is 17.7. The second-order valence-corrected chi connectivity index (χ2v) is 12.3. The van der Waals surface area contributed by atoms with E-state index in [1.807, 2.05) is 91.0 Å². The SMILES string of the molecule is O=C(NSP(=S)(c1ccccc1)c1ccccc1)Nc1ccccc1. The van der Waals surface area contributed by atoms with E-state index in [0.717, 1.165) is 16.3 Å². The summed E-state index contributed by atoms with van der Waals surface area (Å²) in [6, 6.07) is 29.0. The van der Waals surface area contributed by atoms with Gasteiger partial charge in [0.15, 0.2) is 0 Å². The summed E-state index contributed by atoms with van der Waals surface area (Å²) >= 11 is 7.37. The third-order valence-corrected chi connectivity index (χ3v) is 10.2. The molecule has 3 rings (SSSR count). The standard InChI is InChI=1S/C19H17N2OPS2/c22-19(20-16-10-4-1-5-11-16)21-25-23(24,17-12-6-2-7-13-17)18-14-8-3-9-15-18/h1-15H,(H2,20,21,22). The Morgan fingerprint density at radius 1 is 0.760 bits per heavy atom. The number of amides is 2. The molecule has 6 heteroatoms. The van der Waals surface area contributed by atoms with E-state index in [9.17, 15) is 4.79 Å². The first-order valence-electron chi connectivity index (χ1n) is 7.70. The molecule has 0 aliphatic heterocycles. The number of nitrogens with one attached hydrogen (secondary N) is 2. The lowest BCUT2D eigenvalue weighted by atomic mass is 10.3. The lowest BCUT2D eigenvalue weighted by Crippen LogP contribution is -2.25. The maximum absolute atomic E-state index is 12.3. The van der Waals surface area contributed by atoms with Gasteiger partial charge in [0.1, 0.15) is 0 Å². The van der Waals surface area contributed by atoms with Crippen molar-refractivity contribution in [2.45, 2.75) is 0 Å². The van der Waals surface area contributed by atoms with E-state index in [4.69, 9.17) is 11.8 Å². The van der Waals surface area contributed by atoms with Gasteiger partial charge in [0.25, 0.3) is 0 Å². The van der Waals surface area contributed by atoms with Gasteiger partial charge in [0, 0.05) is 16.3 Å². The molecule has 0 heterocycles. The zero-order chi connectivity index (χ0) is 17.5. The summed E-state index contributed by atoms with van der Waals surface area (Å²) in [5, 5.41) is 2.73. The second kappa shape index (κ2) is 8.34. The van der Waals surface area contributed by atoms with Crippen molar-refractivity contribution in [1.82, 2.24) is 4.72 Å². The molecule has 0 spiro atoms. The molecule has 0 aliphatic rings.